The van der Waals surface area contributed by atoms with Crippen molar-refractivity contribution in [1.82, 2.24) is 5.32 Å². The lowest BCUT2D eigenvalue weighted by Crippen LogP contribution is -2.61. The number of allylic oxidation sites excluding steroid dienone is 9. The monoisotopic (exact) mass is 974 g/mol. The number of ether oxygens (including phenoxy) is 3. The normalized spacial score (nSPS) is 20.3. The Hall–Kier alpha value is -2.64. The Balaban J connectivity index is 2.76. The lowest BCUT2D eigenvalue weighted by atomic mass is 9.99. The zero-order chi connectivity index (χ0) is 50.4. The third-order valence-electron chi connectivity index (χ3n) is 13.0. The van der Waals surface area contributed by atoms with Crippen molar-refractivity contribution in [2.45, 2.75) is 282 Å². The van der Waals surface area contributed by atoms with E-state index < -0.39 is 67.4 Å². The molecular formula is C58H103NO10. The summed E-state index contributed by atoms with van der Waals surface area (Å²) >= 11 is 0. The fourth-order valence-corrected chi connectivity index (χ4v) is 8.47. The van der Waals surface area contributed by atoms with Crippen LogP contribution in [0.25, 0.3) is 0 Å². The summed E-state index contributed by atoms with van der Waals surface area (Å²) in [7, 11) is 0. The van der Waals surface area contributed by atoms with Gasteiger partial charge in [-0.15, -0.1) is 0 Å². The summed E-state index contributed by atoms with van der Waals surface area (Å²) in [5.74, 6) is -1.23. The van der Waals surface area contributed by atoms with Crippen LogP contribution in [0.2, 0.25) is 0 Å². The lowest BCUT2D eigenvalue weighted by Gasteiger charge is -2.41. The first-order valence-corrected chi connectivity index (χ1v) is 28.1. The number of nitrogens with one attached hydrogen (secondary N) is 1. The third kappa shape index (κ3) is 35.2. The fourth-order valence-electron chi connectivity index (χ4n) is 8.47. The highest BCUT2D eigenvalue weighted by atomic mass is 16.7. The van der Waals surface area contributed by atoms with Crippen LogP contribution in [0.1, 0.15) is 233 Å². The smallest absolute Gasteiger partial charge is 0.306 e. The van der Waals surface area contributed by atoms with Gasteiger partial charge in [0.05, 0.1) is 25.4 Å². The minimum absolute atomic E-state index is 0.107. The first kappa shape index (κ1) is 64.4. The van der Waals surface area contributed by atoms with Gasteiger partial charge in [-0.2, -0.15) is 0 Å². The maximum absolute atomic E-state index is 13.3. The van der Waals surface area contributed by atoms with E-state index in [-0.39, 0.29) is 19.4 Å². The number of unbranched alkanes of at least 4 members (excludes halogenated alkanes) is 26. The van der Waals surface area contributed by atoms with Crippen molar-refractivity contribution in [2.24, 2.45) is 0 Å². The molecule has 0 aromatic rings. The summed E-state index contributed by atoms with van der Waals surface area (Å²) in [4.78, 5) is 26.4. The number of rotatable bonds is 46. The molecule has 11 heteroatoms. The highest BCUT2D eigenvalue weighted by Gasteiger charge is 2.47. The molecule has 0 aromatic heterocycles. The van der Waals surface area contributed by atoms with Gasteiger partial charge in [0.25, 0.3) is 0 Å². The number of hydrogen-bond donors (Lipinski definition) is 6. The molecule has 1 amide bonds. The van der Waals surface area contributed by atoms with Crippen LogP contribution in [0.5, 0.6) is 0 Å². The van der Waals surface area contributed by atoms with Gasteiger partial charge in [0.15, 0.2) is 12.4 Å². The molecule has 11 nitrogen and oxygen atoms in total. The van der Waals surface area contributed by atoms with Crippen LogP contribution in [0.3, 0.4) is 0 Å². The molecule has 8 atom stereocenters. The Morgan fingerprint density at radius 1 is 0.580 bits per heavy atom. The maximum atomic E-state index is 13.3. The molecule has 0 saturated carbocycles. The van der Waals surface area contributed by atoms with Gasteiger partial charge in [-0.25, -0.2) is 0 Å². The van der Waals surface area contributed by atoms with Crippen molar-refractivity contribution >= 4 is 11.9 Å². The summed E-state index contributed by atoms with van der Waals surface area (Å²) in [6, 6.07) is -1.03. The zero-order valence-corrected chi connectivity index (χ0v) is 43.9. The third-order valence-corrected chi connectivity index (χ3v) is 13.0. The topological polar surface area (TPSA) is 175 Å². The Labute approximate surface area is 420 Å². The van der Waals surface area contributed by atoms with Gasteiger partial charge in [0.1, 0.15) is 24.4 Å². The average molecular weight is 974 g/mol. The second kappa shape index (κ2) is 46.4. The summed E-state index contributed by atoms with van der Waals surface area (Å²) < 4.78 is 17.5. The van der Waals surface area contributed by atoms with E-state index in [0.717, 1.165) is 89.9 Å². The minimum atomic E-state index is -1.62. The van der Waals surface area contributed by atoms with Gasteiger partial charge < -0.3 is 45.1 Å². The number of carbonyl (C=O) groups excluding carboxylic acids is 2. The van der Waals surface area contributed by atoms with Crippen LogP contribution in [0.4, 0.5) is 0 Å². The minimum Gasteiger partial charge on any atom is -0.454 e. The number of hydrogen-bond acceptors (Lipinski definition) is 10. The van der Waals surface area contributed by atoms with Crippen molar-refractivity contribution in [3.63, 3.8) is 0 Å². The van der Waals surface area contributed by atoms with E-state index in [2.05, 4.69) is 68.6 Å². The molecule has 0 radical (unpaired) electrons. The molecule has 1 fully saturated rings. The molecule has 0 aromatic carbocycles. The second-order valence-electron chi connectivity index (χ2n) is 19.3. The molecule has 0 aliphatic carbocycles. The summed E-state index contributed by atoms with van der Waals surface area (Å²) in [6.45, 7) is 5.61. The Morgan fingerprint density at radius 2 is 1.06 bits per heavy atom. The molecular weight excluding hydrogens is 871 g/mol. The zero-order valence-electron chi connectivity index (χ0n) is 43.9. The molecule has 1 rings (SSSR count). The van der Waals surface area contributed by atoms with Crippen molar-refractivity contribution in [1.29, 1.82) is 0 Å². The van der Waals surface area contributed by atoms with E-state index in [1.165, 1.54) is 96.3 Å². The molecule has 1 aliphatic rings. The molecule has 1 saturated heterocycles. The molecule has 8 unspecified atom stereocenters. The Bertz CT molecular complexity index is 1350. The Kier molecular flexibility index (Phi) is 43.3. The van der Waals surface area contributed by atoms with Crippen molar-refractivity contribution in [3.8, 4) is 0 Å². The van der Waals surface area contributed by atoms with Gasteiger partial charge in [-0.1, -0.05) is 216 Å². The van der Waals surface area contributed by atoms with E-state index in [4.69, 9.17) is 14.2 Å². The van der Waals surface area contributed by atoms with Crippen LogP contribution in [0, 0.1) is 0 Å². The number of esters is 1. The molecule has 1 heterocycles. The van der Waals surface area contributed by atoms with Gasteiger partial charge in [-0.05, 0) is 70.6 Å². The second-order valence-corrected chi connectivity index (χ2v) is 19.3. The van der Waals surface area contributed by atoms with Crippen molar-refractivity contribution < 1.29 is 49.3 Å². The standard InChI is InChI=1S/C58H103NO10/c1-4-7-10-13-16-19-22-25-26-28-31-34-37-40-43-46-53(63)69-56-55(65)54(64)52(47-60)68-58(56)67-48-49(50(61)44-41-38-35-32-29-24-21-18-15-12-9-6-3)59-57(66)51(62)45-42-39-36-33-30-27-23-20-17-14-11-8-5-2/h7,10,13,16,19,22,30,33,41,44,49-52,54-56,58,60-62,64-65H,4-6,8-9,11-12,14-15,17-18,20-21,23-29,31-32,34-40,42-43,45-48H2,1-3H3,(H,59,66)/b10-7+,16-13+,22-19+,33-30-,44-41+. The number of amides is 1. The highest BCUT2D eigenvalue weighted by Crippen LogP contribution is 2.26. The summed E-state index contributed by atoms with van der Waals surface area (Å²) in [6.07, 6.45) is 45.5. The predicted octanol–water partition coefficient (Wildman–Crippen LogP) is 12.3. The molecule has 69 heavy (non-hydrogen) atoms. The van der Waals surface area contributed by atoms with E-state index in [9.17, 15) is 35.1 Å². The van der Waals surface area contributed by atoms with Gasteiger partial charge in [0, 0.05) is 6.42 Å². The largest absolute Gasteiger partial charge is 0.454 e. The molecule has 1 aliphatic heterocycles. The number of aliphatic hydroxyl groups is 5. The number of carbonyl (C=O) groups is 2. The van der Waals surface area contributed by atoms with Crippen LogP contribution >= 0.6 is 0 Å². The first-order valence-electron chi connectivity index (χ1n) is 28.1. The summed E-state index contributed by atoms with van der Waals surface area (Å²) in [5, 5.41) is 56.7. The highest BCUT2D eigenvalue weighted by molar-refractivity contribution is 5.80. The van der Waals surface area contributed by atoms with E-state index >= 15 is 0 Å². The molecule has 6 N–H and O–H groups in total. The van der Waals surface area contributed by atoms with Gasteiger partial charge in [0.2, 0.25) is 5.91 Å². The van der Waals surface area contributed by atoms with Crippen LogP contribution in [0.15, 0.2) is 60.8 Å². The average Bonchev–Trinajstić information content (AvgIpc) is 3.34. The fraction of sp³-hybridized carbons (Fsp3) is 0.793. The van der Waals surface area contributed by atoms with E-state index in [0.29, 0.717) is 12.8 Å². The molecule has 0 bridgehead atoms. The van der Waals surface area contributed by atoms with Crippen molar-refractivity contribution in [2.75, 3.05) is 13.2 Å². The van der Waals surface area contributed by atoms with E-state index in [1.54, 1.807) is 6.08 Å². The maximum Gasteiger partial charge on any atom is 0.306 e. The Morgan fingerprint density at radius 3 is 1.59 bits per heavy atom. The van der Waals surface area contributed by atoms with Crippen LogP contribution in [-0.4, -0.2) is 99.6 Å². The van der Waals surface area contributed by atoms with Gasteiger partial charge >= 0.3 is 5.97 Å². The van der Waals surface area contributed by atoms with Crippen LogP contribution in [-0.2, 0) is 23.8 Å². The molecule has 400 valence electrons. The predicted molar refractivity (Wildman–Crippen MR) is 283 cm³/mol. The van der Waals surface area contributed by atoms with Crippen molar-refractivity contribution in [3.05, 3.63) is 60.8 Å². The SMILES string of the molecule is CC/C=C/C=C/C=C/CCCCCCCCCC(=O)OC1C(OCC(NC(=O)C(O)CCCC/C=C\CCCCCCCCC)C(O)/C=C/CCCCCCCCCCCC)OC(CO)C(O)C1O. The van der Waals surface area contributed by atoms with Crippen LogP contribution < -0.4 is 5.32 Å². The first-order chi connectivity index (χ1) is 33.7. The van der Waals surface area contributed by atoms with E-state index in [1.807, 2.05) is 12.2 Å². The lowest BCUT2D eigenvalue weighted by molar-refractivity contribution is -0.305. The van der Waals surface area contributed by atoms with Gasteiger partial charge in [-0.3, -0.25) is 9.59 Å². The molecule has 0 spiro atoms. The summed E-state index contributed by atoms with van der Waals surface area (Å²) in [5.41, 5.74) is 0. The number of aliphatic hydroxyl groups excluding tert-OH is 5. The quantitative estimate of drug-likeness (QED) is 0.0149.